The van der Waals surface area contributed by atoms with Gasteiger partial charge in [-0.1, -0.05) is 13.3 Å². The van der Waals surface area contributed by atoms with Gasteiger partial charge in [-0.3, -0.25) is 4.68 Å². The third-order valence-corrected chi connectivity index (χ3v) is 4.09. The van der Waals surface area contributed by atoms with Gasteiger partial charge in [0.25, 0.3) is 0 Å². The van der Waals surface area contributed by atoms with Gasteiger partial charge in [0.1, 0.15) is 11.3 Å². The lowest BCUT2D eigenvalue weighted by atomic mass is 10.00. The molecule has 3 rings (SSSR count). The molecule has 1 aromatic carbocycles. The van der Waals surface area contributed by atoms with Crippen LogP contribution >= 0.6 is 0 Å². The summed E-state index contributed by atoms with van der Waals surface area (Å²) >= 11 is 0. The maximum atomic E-state index is 12.7. The highest BCUT2D eigenvalue weighted by Crippen LogP contribution is 2.31. The van der Waals surface area contributed by atoms with E-state index in [0.29, 0.717) is 16.8 Å². The molecule has 0 amide bonds. The third-order valence-electron chi connectivity index (χ3n) is 4.09. The van der Waals surface area contributed by atoms with Crippen molar-refractivity contribution < 1.29 is 9.53 Å². The standard InChI is InChI=1S/C20H23N5O2/c1-6-7-13-8-16-17(9-14(13)10-21)25(19(26)27-20(2,3)4)23-18(16)15-11-22-24(5)12-15/h8-9,11-12H,6-7H2,1-5H3. The number of aryl methyl sites for hydroxylation is 2. The Hall–Kier alpha value is -3.14. The van der Waals surface area contributed by atoms with Gasteiger partial charge in [-0.25, -0.2) is 4.79 Å². The van der Waals surface area contributed by atoms with Gasteiger partial charge in [0.15, 0.2) is 0 Å². The number of carbonyl (C=O) groups excluding carboxylic acids is 1. The molecule has 140 valence electrons. The molecule has 27 heavy (non-hydrogen) atoms. The summed E-state index contributed by atoms with van der Waals surface area (Å²) in [6, 6.07) is 5.90. The molecule has 0 unspecified atom stereocenters. The number of benzene rings is 1. The highest BCUT2D eigenvalue weighted by atomic mass is 16.6. The van der Waals surface area contributed by atoms with Gasteiger partial charge < -0.3 is 4.74 Å². The zero-order valence-corrected chi connectivity index (χ0v) is 16.3. The van der Waals surface area contributed by atoms with Crippen molar-refractivity contribution in [2.24, 2.45) is 7.05 Å². The van der Waals surface area contributed by atoms with Crippen molar-refractivity contribution in [3.63, 3.8) is 0 Å². The number of nitrogens with zero attached hydrogens (tertiary/aromatic N) is 5. The van der Waals surface area contributed by atoms with Crippen LogP contribution in [0.4, 0.5) is 4.79 Å². The van der Waals surface area contributed by atoms with E-state index in [0.717, 1.165) is 29.4 Å². The predicted octanol–water partition coefficient (Wildman–Crippen LogP) is 4.04. The van der Waals surface area contributed by atoms with Crippen LogP contribution in [0.25, 0.3) is 22.2 Å². The Kier molecular flexibility index (Phi) is 4.75. The Balaban J connectivity index is 2.26. The summed E-state index contributed by atoms with van der Waals surface area (Å²) in [6.07, 6.45) is 4.68. The summed E-state index contributed by atoms with van der Waals surface area (Å²) in [5.41, 5.74) is 2.85. The Morgan fingerprint density at radius 1 is 1.33 bits per heavy atom. The molecule has 7 heteroatoms. The van der Waals surface area contributed by atoms with Crippen LogP contribution in [0.3, 0.4) is 0 Å². The average Bonchev–Trinajstić information content (AvgIpc) is 3.16. The summed E-state index contributed by atoms with van der Waals surface area (Å²) in [5.74, 6) is 0. The lowest BCUT2D eigenvalue weighted by Gasteiger charge is -2.19. The first-order chi connectivity index (χ1) is 12.7. The zero-order valence-electron chi connectivity index (χ0n) is 16.3. The fourth-order valence-corrected chi connectivity index (χ4v) is 2.99. The number of nitriles is 1. The van der Waals surface area contributed by atoms with E-state index in [9.17, 15) is 10.1 Å². The van der Waals surface area contributed by atoms with E-state index in [4.69, 9.17) is 4.74 Å². The van der Waals surface area contributed by atoms with Crippen LogP contribution in [-0.4, -0.2) is 31.3 Å². The van der Waals surface area contributed by atoms with Gasteiger partial charge >= 0.3 is 6.09 Å². The lowest BCUT2D eigenvalue weighted by molar-refractivity contribution is 0.0523. The molecule has 0 aliphatic carbocycles. The van der Waals surface area contributed by atoms with E-state index in [2.05, 4.69) is 23.2 Å². The maximum absolute atomic E-state index is 12.7. The molecule has 0 fully saturated rings. The Morgan fingerprint density at radius 2 is 2.07 bits per heavy atom. The number of ether oxygens (including phenoxy) is 1. The zero-order chi connectivity index (χ0) is 19.8. The number of hydrogen-bond donors (Lipinski definition) is 0. The molecule has 0 spiro atoms. The van der Waals surface area contributed by atoms with Crippen molar-refractivity contribution in [3.8, 4) is 17.3 Å². The fourth-order valence-electron chi connectivity index (χ4n) is 2.99. The molecule has 7 nitrogen and oxygen atoms in total. The van der Waals surface area contributed by atoms with Gasteiger partial charge in [-0.05, 0) is 44.9 Å². The molecule has 2 aromatic heterocycles. The predicted molar refractivity (Wildman–Crippen MR) is 102 cm³/mol. The molecule has 0 aliphatic heterocycles. The van der Waals surface area contributed by atoms with Crippen LogP contribution in [0.15, 0.2) is 24.5 Å². The maximum Gasteiger partial charge on any atom is 0.435 e. The number of hydrogen-bond acceptors (Lipinski definition) is 5. The second-order valence-electron chi connectivity index (χ2n) is 7.53. The number of rotatable bonds is 3. The Bertz CT molecular complexity index is 1050. The first-order valence-corrected chi connectivity index (χ1v) is 8.91. The van der Waals surface area contributed by atoms with Crippen LogP contribution in [-0.2, 0) is 18.2 Å². The van der Waals surface area contributed by atoms with Crippen LogP contribution < -0.4 is 0 Å². The van der Waals surface area contributed by atoms with Crippen LogP contribution in [0.2, 0.25) is 0 Å². The van der Waals surface area contributed by atoms with Gasteiger partial charge in [-0.15, -0.1) is 0 Å². The molecule has 0 aliphatic rings. The van der Waals surface area contributed by atoms with Crippen molar-refractivity contribution in [2.45, 2.75) is 46.1 Å². The first kappa shape index (κ1) is 18.6. The second kappa shape index (κ2) is 6.88. The molecule has 0 saturated heterocycles. The quantitative estimate of drug-likeness (QED) is 0.699. The van der Waals surface area contributed by atoms with Crippen molar-refractivity contribution in [3.05, 3.63) is 35.7 Å². The Morgan fingerprint density at radius 3 is 2.63 bits per heavy atom. The molecular weight excluding hydrogens is 342 g/mol. The highest BCUT2D eigenvalue weighted by molar-refractivity contribution is 5.98. The van der Waals surface area contributed by atoms with Crippen molar-refractivity contribution >= 4 is 17.0 Å². The van der Waals surface area contributed by atoms with Gasteiger partial charge in [0.05, 0.1) is 23.3 Å². The lowest BCUT2D eigenvalue weighted by Crippen LogP contribution is -2.27. The largest absolute Gasteiger partial charge is 0.442 e. The van der Waals surface area contributed by atoms with E-state index >= 15 is 0 Å². The summed E-state index contributed by atoms with van der Waals surface area (Å²) in [7, 11) is 1.83. The normalized spacial score (nSPS) is 11.6. The molecule has 2 heterocycles. The number of carbonyl (C=O) groups is 1. The second-order valence-corrected chi connectivity index (χ2v) is 7.53. The highest BCUT2D eigenvalue weighted by Gasteiger charge is 2.24. The van der Waals surface area contributed by atoms with Crippen molar-refractivity contribution in [1.82, 2.24) is 19.6 Å². The van der Waals surface area contributed by atoms with E-state index in [1.807, 2.05) is 19.3 Å². The number of aromatic nitrogens is 4. The Labute approximate surface area is 158 Å². The van der Waals surface area contributed by atoms with Gasteiger partial charge in [0, 0.05) is 24.2 Å². The minimum Gasteiger partial charge on any atom is -0.442 e. The molecule has 0 saturated carbocycles. The van der Waals surface area contributed by atoms with Gasteiger partial charge in [0.2, 0.25) is 0 Å². The van der Waals surface area contributed by atoms with Crippen molar-refractivity contribution in [2.75, 3.05) is 0 Å². The van der Waals surface area contributed by atoms with E-state index in [1.54, 1.807) is 37.7 Å². The van der Waals surface area contributed by atoms with Gasteiger partial charge in [-0.2, -0.15) is 20.1 Å². The monoisotopic (exact) mass is 365 g/mol. The summed E-state index contributed by atoms with van der Waals surface area (Å²) in [4.78, 5) is 12.7. The summed E-state index contributed by atoms with van der Waals surface area (Å²) < 4.78 is 8.42. The van der Waals surface area contributed by atoms with Crippen LogP contribution in [0, 0.1) is 11.3 Å². The molecular formula is C20H23N5O2. The minimum atomic E-state index is -0.649. The molecule has 0 radical (unpaired) electrons. The molecule has 0 atom stereocenters. The third kappa shape index (κ3) is 3.70. The molecule has 0 bridgehead atoms. The van der Waals surface area contributed by atoms with E-state index < -0.39 is 11.7 Å². The summed E-state index contributed by atoms with van der Waals surface area (Å²) in [6.45, 7) is 7.48. The first-order valence-electron chi connectivity index (χ1n) is 8.91. The smallest absolute Gasteiger partial charge is 0.435 e. The topological polar surface area (TPSA) is 85.7 Å². The molecule has 3 aromatic rings. The van der Waals surface area contributed by atoms with Crippen LogP contribution in [0.5, 0.6) is 0 Å². The minimum absolute atomic E-state index is 0.548. The van der Waals surface area contributed by atoms with E-state index in [1.165, 1.54) is 4.68 Å². The fraction of sp³-hybridized carbons (Fsp3) is 0.400. The summed E-state index contributed by atoms with van der Waals surface area (Å²) in [5, 5.41) is 19.1. The average molecular weight is 365 g/mol. The number of fused-ring (bicyclic) bond motifs is 1. The SMILES string of the molecule is CCCc1cc2c(-c3cnn(C)c3)nn(C(=O)OC(C)(C)C)c2cc1C#N. The van der Waals surface area contributed by atoms with E-state index in [-0.39, 0.29) is 0 Å². The molecule has 0 N–H and O–H groups in total. The van der Waals surface area contributed by atoms with Crippen LogP contribution in [0.1, 0.15) is 45.2 Å². The van der Waals surface area contributed by atoms with Crippen molar-refractivity contribution in [1.29, 1.82) is 5.26 Å².